The van der Waals surface area contributed by atoms with Gasteiger partial charge in [0.25, 0.3) is 0 Å². The number of fused-ring (bicyclic) bond motifs is 4. The van der Waals surface area contributed by atoms with Gasteiger partial charge in [0.15, 0.2) is 0 Å². The molecule has 2 aromatic heterocycles. The van der Waals surface area contributed by atoms with Crippen LogP contribution in [0.2, 0.25) is 0 Å². The van der Waals surface area contributed by atoms with Crippen molar-refractivity contribution in [1.82, 2.24) is 14.5 Å². The number of rotatable bonds is 3. The van der Waals surface area contributed by atoms with Crippen LogP contribution in [0.1, 0.15) is 0 Å². The van der Waals surface area contributed by atoms with Crippen molar-refractivity contribution in [2.45, 2.75) is 0 Å². The number of aromatic nitrogens is 3. The molecule has 0 N–H and O–H groups in total. The molecule has 0 saturated heterocycles. The molecule has 3 nitrogen and oxygen atoms in total. The highest BCUT2D eigenvalue weighted by atomic mass is 15.1. The molecule has 1 aliphatic carbocycles. The maximum absolute atomic E-state index is 4.99. The van der Waals surface area contributed by atoms with Crippen molar-refractivity contribution >= 4 is 21.8 Å². The van der Waals surface area contributed by atoms with Gasteiger partial charge < -0.3 is 0 Å². The molecule has 1 aliphatic rings. The summed E-state index contributed by atoms with van der Waals surface area (Å²) in [5, 5.41) is 2.64. The van der Waals surface area contributed by atoms with Crippen LogP contribution in [0, 0.1) is 0 Å². The highest BCUT2D eigenvalue weighted by Crippen LogP contribution is 2.49. The first-order valence-corrected chi connectivity index (χ1v) is 12.5. The second kappa shape index (κ2) is 7.74. The summed E-state index contributed by atoms with van der Waals surface area (Å²) in [6, 6.07) is 42.9. The van der Waals surface area contributed by atoms with Crippen LogP contribution in [0.3, 0.4) is 0 Å². The van der Waals surface area contributed by atoms with Gasteiger partial charge in [-0.3, -0.25) is 4.57 Å². The zero-order valence-electron chi connectivity index (χ0n) is 20.0. The van der Waals surface area contributed by atoms with Crippen molar-refractivity contribution < 1.29 is 0 Å². The molecule has 8 rings (SSSR count). The predicted molar refractivity (Wildman–Crippen MR) is 152 cm³/mol. The lowest BCUT2D eigenvalue weighted by atomic mass is 9.94. The van der Waals surface area contributed by atoms with Crippen LogP contribution in [0.25, 0.3) is 72.4 Å². The third kappa shape index (κ3) is 2.95. The topological polar surface area (TPSA) is 30.7 Å². The Morgan fingerprint density at radius 2 is 1.16 bits per heavy atom. The second-order valence-corrected chi connectivity index (χ2v) is 9.46. The fourth-order valence-corrected chi connectivity index (χ4v) is 5.80. The van der Waals surface area contributed by atoms with Gasteiger partial charge >= 0.3 is 0 Å². The average molecular weight is 472 g/mol. The lowest BCUT2D eigenvalue weighted by Gasteiger charge is -2.11. The van der Waals surface area contributed by atoms with E-state index in [1.54, 1.807) is 0 Å². The Labute approximate surface area is 214 Å². The second-order valence-electron chi connectivity index (χ2n) is 9.46. The van der Waals surface area contributed by atoms with Crippen LogP contribution < -0.4 is 0 Å². The third-order valence-corrected chi connectivity index (χ3v) is 7.44. The van der Waals surface area contributed by atoms with Crippen LogP contribution in [0.4, 0.5) is 0 Å². The van der Waals surface area contributed by atoms with Gasteiger partial charge in [0, 0.05) is 11.8 Å². The summed E-state index contributed by atoms with van der Waals surface area (Å²) in [6.07, 6.45) is 1.82. The van der Waals surface area contributed by atoms with Gasteiger partial charge in [-0.2, -0.15) is 0 Å². The summed E-state index contributed by atoms with van der Waals surface area (Å²) in [5.41, 5.74) is 10.8. The molecule has 37 heavy (non-hydrogen) atoms. The van der Waals surface area contributed by atoms with E-state index in [2.05, 4.69) is 101 Å². The van der Waals surface area contributed by atoms with Gasteiger partial charge in [-0.25, -0.2) is 9.97 Å². The normalized spacial score (nSPS) is 11.8. The number of nitrogens with zero attached hydrogens (tertiary/aromatic N) is 3. The van der Waals surface area contributed by atoms with Crippen LogP contribution in [-0.4, -0.2) is 14.5 Å². The molecule has 0 amide bonds. The Balaban J connectivity index is 1.28. The monoisotopic (exact) mass is 471 g/mol. The smallest absolute Gasteiger partial charge is 0.146 e. The Morgan fingerprint density at radius 1 is 0.486 bits per heavy atom. The van der Waals surface area contributed by atoms with Crippen molar-refractivity contribution in [2.75, 3.05) is 0 Å². The van der Waals surface area contributed by atoms with Crippen LogP contribution in [0.15, 0.2) is 128 Å². The number of hydrogen-bond donors (Lipinski definition) is 0. The molecule has 0 bridgehead atoms. The number of pyridine rings is 1. The van der Waals surface area contributed by atoms with Crippen LogP contribution >= 0.6 is 0 Å². The molecule has 0 fully saturated rings. The van der Waals surface area contributed by atoms with E-state index in [9.17, 15) is 0 Å². The first-order chi connectivity index (χ1) is 18.4. The molecule has 0 unspecified atom stereocenters. The summed E-state index contributed by atoms with van der Waals surface area (Å²) in [7, 11) is 0. The Morgan fingerprint density at radius 3 is 1.97 bits per heavy atom. The molecule has 0 spiro atoms. The number of imidazole rings is 1. The van der Waals surface area contributed by atoms with Gasteiger partial charge in [0.1, 0.15) is 11.6 Å². The zero-order valence-corrected chi connectivity index (χ0v) is 20.0. The number of hydrogen-bond acceptors (Lipinski definition) is 2. The minimum atomic E-state index is 0.863. The molecule has 0 atom stereocenters. The Hall–Kier alpha value is -5.02. The molecular weight excluding hydrogens is 450 g/mol. The van der Waals surface area contributed by atoms with Crippen LogP contribution in [-0.2, 0) is 0 Å². The largest absolute Gasteiger partial charge is 0.276 e. The van der Waals surface area contributed by atoms with Crippen molar-refractivity contribution in [3.63, 3.8) is 0 Å². The van der Waals surface area contributed by atoms with Gasteiger partial charge in [-0.1, -0.05) is 97.1 Å². The van der Waals surface area contributed by atoms with E-state index in [-0.39, 0.29) is 0 Å². The zero-order chi connectivity index (χ0) is 24.3. The maximum atomic E-state index is 4.99. The molecule has 0 aliphatic heterocycles. The Bertz CT molecular complexity index is 1940. The maximum Gasteiger partial charge on any atom is 0.146 e. The number of para-hydroxylation sites is 2. The SMILES string of the molecule is c1ccc(-n2c(-c3ccc(-c4ccc5c6c(cccc46)-c4ccccc4-5)cc3)nc3ccccc32)nc1. The van der Waals surface area contributed by atoms with Crippen LogP contribution in [0.5, 0.6) is 0 Å². The summed E-state index contributed by atoms with van der Waals surface area (Å²) in [5.74, 6) is 1.75. The van der Waals surface area contributed by atoms with Crippen molar-refractivity contribution in [3.8, 4) is 50.6 Å². The van der Waals surface area contributed by atoms with Crippen molar-refractivity contribution in [2.24, 2.45) is 0 Å². The highest BCUT2D eigenvalue weighted by molar-refractivity contribution is 6.18. The van der Waals surface area contributed by atoms with Crippen molar-refractivity contribution in [3.05, 3.63) is 128 Å². The van der Waals surface area contributed by atoms with Gasteiger partial charge in [-0.15, -0.1) is 0 Å². The Kier molecular flexibility index (Phi) is 4.23. The molecule has 3 heteroatoms. The average Bonchev–Trinajstić information content (AvgIpc) is 3.52. The lowest BCUT2D eigenvalue weighted by Crippen LogP contribution is -1.99. The van der Waals surface area contributed by atoms with E-state index < -0.39 is 0 Å². The summed E-state index contributed by atoms with van der Waals surface area (Å²) < 4.78 is 2.14. The first-order valence-electron chi connectivity index (χ1n) is 12.5. The fourth-order valence-electron chi connectivity index (χ4n) is 5.80. The third-order valence-electron chi connectivity index (χ3n) is 7.44. The quantitative estimate of drug-likeness (QED) is 0.258. The standard InChI is InChI=1S/C34H21N3/c1-2-9-26-25(8-1)28-11-7-10-27-24(19-20-29(26)33(27)28)22-15-17-23(18-16-22)34-36-30-12-3-4-13-31(30)37(34)32-14-5-6-21-35-32/h1-21H. The summed E-state index contributed by atoms with van der Waals surface area (Å²) in [4.78, 5) is 9.61. The van der Waals surface area contributed by atoms with E-state index in [4.69, 9.17) is 4.98 Å². The molecular formula is C34H21N3. The van der Waals surface area contributed by atoms with Gasteiger partial charge in [-0.05, 0) is 68.4 Å². The predicted octanol–water partition coefficient (Wildman–Crippen LogP) is 8.56. The summed E-state index contributed by atoms with van der Waals surface area (Å²) >= 11 is 0. The fraction of sp³-hybridized carbons (Fsp3) is 0. The molecule has 2 heterocycles. The van der Waals surface area contributed by atoms with E-state index in [0.29, 0.717) is 0 Å². The minimum absolute atomic E-state index is 0.863. The minimum Gasteiger partial charge on any atom is -0.276 e. The first kappa shape index (κ1) is 20.2. The lowest BCUT2D eigenvalue weighted by molar-refractivity contribution is 1.03. The van der Waals surface area contributed by atoms with E-state index >= 15 is 0 Å². The molecule has 5 aromatic carbocycles. The van der Waals surface area contributed by atoms with E-state index in [0.717, 1.165) is 28.2 Å². The summed E-state index contributed by atoms with van der Waals surface area (Å²) in [6.45, 7) is 0. The molecule has 7 aromatic rings. The van der Waals surface area contributed by atoms with Gasteiger partial charge in [0.2, 0.25) is 0 Å². The molecule has 0 radical (unpaired) electrons. The van der Waals surface area contributed by atoms with E-state index in [1.165, 1.54) is 44.2 Å². The highest BCUT2D eigenvalue weighted by Gasteiger charge is 2.22. The molecule has 172 valence electrons. The van der Waals surface area contributed by atoms with Gasteiger partial charge in [0.05, 0.1) is 11.0 Å². The number of benzene rings is 5. The van der Waals surface area contributed by atoms with E-state index in [1.807, 2.05) is 36.5 Å². The molecule has 0 saturated carbocycles. The van der Waals surface area contributed by atoms with Crippen molar-refractivity contribution in [1.29, 1.82) is 0 Å².